The van der Waals surface area contributed by atoms with Crippen LogP contribution in [0.2, 0.25) is 5.02 Å². The zero-order chi connectivity index (χ0) is 20.5. The van der Waals surface area contributed by atoms with Crippen molar-refractivity contribution in [3.63, 3.8) is 0 Å². The number of nitrogens with one attached hydrogen (secondary N) is 1. The van der Waals surface area contributed by atoms with E-state index < -0.39 is 11.6 Å². The lowest BCUT2D eigenvalue weighted by Crippen LogP contribution is -1.98. The second-order valence-corrected chi connectivity index (χ2v) is 7.68. The van der Waals surface area contributed by atoms with Crippen LogP contribution in [-0.2, 0) is 0 Å². The number of halogens is 3. The molecule has 0 aliphatic carbocycles. The second-order valence-electron chi connectivity index (χ2n) is 6.40. The minimum absolute atomic E-state index is 0.128. The molecule has 0 amide bonds. The molecule has 3 N–H and O–H groups in total. The number of hydrogen-bond acceptors (Lipinski definition) is 5. The molecular formula is C21H15ClF2N4S. The third-order valence-electron chi connectivity index (χ3n) is 4.40. The number of rotatable bonds is 4. The number of fused-ring (bicyclic) bond motifs is 1. The van der Waals surface area contributed by atoms with Gasteiger partial charge in [-0.3, -0.25) is 0 Å². The largest absolute Gasteiger partial charge is 0.368 e. The van der Waals surface area contributed by atoms with Crippen molar-refractivity contribution in [1.29, 1.82) is 0 Å². The molecular weight excluding hydrogens is 414 g/mol. The standard InChI is InChI=1S/C21H15ClF2N4S/c1-11-2-4-14(22)9-18(11)29-28-17-7-5-15(23)19(20(17)24)12-3-6-16-13(8-12)10-26-21(25)27-16/h2-10,28H,1H3,(H2,25,26,27). The first-order valence-corrected chi connectivity index (χ1v) is 9.81. The molecule has 4 rings (SSSR count). The Morgan fingerprint density at radius 3 is 2.72 bits per heavy atom. The van der Waals surface area contributed by atoms with E-state index in [0.29, 0.717) is 21.5 Å². The highest BCUT2D eigenvalue weighted by Gasteiger charge is 2.17. The van der Waals surface area contributed by atoms with Gasteiger partial charge in [0, 0.05) is 21.5 Å². The van der Waals surface area contributed by atoms with Gasteiger partial charge in [0.25, 0.3) is 0 Å². The normalized spacial score (nSPS) is 11.0. The molecule has 1 heterocycles. The average molecular weight is 429 g/mol. The van der Waals surface area contributed by atoms with Gasteiger partial charge >= 0.3 is 0 Å². The van der Waals surface area contributed by atoms with Gasteiger partial charge in [0.1, 0.15) is 5.82 Å². The van der Waals surface area contributed by atoms with Crippen molar-refractivity contribution >= 4 is 46.1 Å². The molecule has 0 aliphatic rings. The number of benzene rings is 3. The Kier molecular flexibility index (Phi) is 5.25. The summed E-state index contributed by atoms with van der Waals surface area (Å²) in [5, 5.41) is 1.22. The topological polar surface area (TPSA) is 63.8 Å². The van der Waals surface area contributed by atoms with Gasteiger partial charge in [-0.05, 0) is 66.4 Å². The maximum absolute atomic E-state index is 15.2. The van der Waals surface area contributed by atoms with Gasteiger partial charge in [-0.15, -0.1) is 0 Å². The Morgan fingerprint density at radius 1 is 1.07 bits per heavy atom. The Balaban J connectivity index is 1.70. The van der Waals surface area contributed by atoms with Crippen molar-refractivity contribution in [2.24, 2.45) is 0 Å². The maximum atomic E-state index is 15.2. The minimum Gasteiger partial charge on any atom is -0.368 e. The van der Waals surface area contributed by atoms with Crippen LogP contribution in [0.15, 0.2) is 59.6 Å². The lowest BCUT2D eigenvalue weighted by atomic mass is 10.0. The van der Waals surface area contributed by atoms with Gasteiger partial charge < -0.3 is 10.5 Å². The van der Waals surface area contributed by atoms with E-state index in [-0.39, 0.29) is 17.2 Å². The fourth-order valence-corrected chi connectivity index (χ4v) is 3.92. The molecule has 8 heteroatoms. The summed E-state index contributed by atoms with van der Waals surface area (Å²) in [7, 11) is 0. The van der Waals surface area contributed by atoms with E-state index in [4.69, 9.17) is 17.3 Å². The summed E-state index contributed by atoms with van der Waals surface area (Å²) < 4.78 is 32.6. The van der Waals surface area contributed by atoms with E-state index in [1.807, 2.05) is 13.0 Å². The molecule has 0 saturated heterocycles. The molecule has 146 valence electrons. The van der Waals surface area contributed by atoms with Crippen LogP contribution in [-0.4, -0.2) is 9.97 Å². The number of nitrogen functional groups attached to an aromatic ring is 1. The number of aromatic nitrogens is 2. The monoisotopic (exact) mass is 428 g/mol. The molecule has 0 radical (unpaired) electrons. The summed E-state index contributed by atoms with van der Waals surface area (Å²) in [4.78, 5) is 8.89. The summed E-state index contributed by atoms with van der Waals surface area (Å²) in [5.41, 5.74) is 7.59. The fourth-order valence-electron chi connectivity index (χ4n) is 2.89. The molecule has 4 aromatic rings. The molecule has 0 fully saturated rings. The first-order chi connectivity index (χ1) is 13.9. The third kappa shape index (κ3) is 3.97. The van der Waals surface area contributed by atoms with Crippen LogP contribution < -0.4 is 10.5 Å². The first-order valence-electron chi connectivity index (χ1n) is 8.62. The molecule has 0 bridgehead atoms. The van der Waals surface area contributed by atoms with Crippen molar-refractivity contribution in [1.82, 2.24) is 9.97 Å². The van der Waals surface area contributed by atoms with E-state index in [0.717, 1.165) is 10.5 Å². The van der Waals surface area contributed by atoms with E-state index in [1.165, 1.54) is 30.3 Å². The Hall–Kier alpha value is -2.90. The summed E-state index contributed by atoms with van der Waals surface area (Å²) >= 11 is 7.24. The van der Waals surface area contributed by atoms with Gasteiger partial charge in [-0.25, -0.2) is 18.7 Å². The highest BCUT2D eigenvalue weighted by molar-refractivity contribution is 8.00. The number of aryl methyl sites for hydroxylation is 1. The van der Waals surface area contributed by atoms with Gasteiger partial charge in [-0.2, -0.15) is 0 Å². The van der Waals surface area contributed by atoms with Crippen molar-refractivity contribution in [2.75, 3.05) is 10.5 Å². The quantitative estimate of drug-likeness (QED) is 0.377. The van der Waals surface area contributed by atoms with Gasteiger partial charge in [0.05, 0.1) is 16.8 Å². The molecule has 3 aromatic carbocycles. The van der Waals surface area contributed by atoms with Crippen molar-refractivity contribution in [2.45, 2.75) is 11.8 Å². The molecule has 0 saturated carbocycles. The van der Waals surface area contributed by atoms with Crippen molar-refractivity contribution < 1.29 is 8.78 Å². The molecule has 29 heavy (non-hydrogen) atoms. The summed E-state index contributed by atoms with van der Waals surface area (Å²) in [6.07, 6.45) is 1.52. The highest BCUT2D eigenvalue weighted by atomic mass is 35.5. The van der Waals surface area contributed by atoms with E-state index in [2.05, 4.69) is 14.7 Å². The van der Waals surface area contributed by atoms with Crippen LogP contribution in [0.5, 0.6) is 0 Å². The molecule has 0 aliphatic heterocycles. The molecule has 1 aromatic heterocycles. The van der Waals surface area contributed by atoms with Crippen molar-refractivity contribution in [3.8, 4) is 11.1 Å². The first kappa shape index (κ1) is 19.4. The van der Waals surface area contributed by atoms with Crippen LogP contribution in [0.1, 0.15) is 5.56 Å². The maximum Gasteiger partial charge on any atom is 0.220 e. The molecule has 4 nitrogen and oxygen atoms in total. The molecule has 0 unspecified atom stereocenters. The van der Waals surface area contributed by atoms with Gasteiger partial charge in [-0.1, -0.05) is 23.7 Å². The average Bonchev–Trinajstić information content (AvgIpc) is 2.70. The third-order valence-corrected chi connectivity index (χ3v) is 5.62. The zero-order valence-corrected chi connectivity index (χ0v) is 16.8. The number of anilines is 2. The van der Waals surface area contributed by atoms with Gasteiger partial charge in [0.2, 0.25) is 5.95 Å². The lowest BCUT2D eigenvalue weighted by Gasteiger charge is -2.13. The summed E-state index contributed by atoms with van der Waals surface area (Å²) in [6, 6.07) is 12.9. The number of nitrogens with zero attached hydrogens (tertiary/aromatic N) is 2. The van der Waals surface area contributed by atoms with Crippen LogP contribution in [0.25, 0.3) is 22.0 Å². The van der Waals surface area contributed by atoms with Crippen LogP contribution >= 0.6 is 23.5 Å². The van der Waals surface area contributed by atoms with Gasteiger partial charge in [0.15, 0.2) is 5.82 Å². The smallest absolute Gasteiger partial charge is 0.220 e. The predicted molar refractivity (Wildman–Crippen MR) is 115 cm³/mol. The molecule has 0 atom stereocenters. The SMILES string of the molecule is Cc1ccc(Cl)cc1SNc1ccc(F)c(-c2ccc3nc(N)ncc3c2)c1F. The van der Waals surface area contributed by atoms with Crippen LogP contribution in [0.3, 0.4) is 0 Å². The Labute approximate surface area is 175 Å². The van der Waals surface area contributed by atoms with Crippen LogP contribution in [0, 0.1) is 18.6 Å². The van der Waals surface area contributed by atoms with Crippen LogP contribution in [0.4, 0.5) is 20.4 Å². The second kappa shape index (κ2) is 7.85. The summed E-state index contributed by atoms with van der Waals surface area (Å²) in [6.45, 7) is 1.93. The summed E-state index contributed by atoms with van der Waals surface area (Å²) in [5.74, 6) is -1.21. The van der Waals surface area contributed by atoms with Crippen molar-refractivity contribution in [3.05, 3.63) is 76.9 Å². The van der Waals surface area contributed by atoms with E-state index in [1.54, 1.807) is 30.3 Å². The van der Waals surface area contributed by atoms with E-state index in [9.17, 15) is 4.39 Å². The minimum atomic E-state index is -0.687. The Morgan fingerprint density at radius 2 is 1.90 bits per heavy atom. The zero-order valence-electron chi connectivity index (χ0n) is 15.2. The molecule has 0 spiro atoms. The number of hydrogen-bond donors (Lipinski definition) is 2. The number of nitrogens with two attached hydrogens (primary N) is 1. The lowest BCUT2D eigenvalue weighted by molar-refractivity contribution is 0.592. The predicted octanol–water partition coefficient (Wildman–Crippen LogP) is 6.24. The highest BCUT2D eigenvalue weighted by Crippen LogP contribution is 2.35. The fraction of sp³-hybridized carbons (Fsp3) is 0.0476. The Bertz CT molecular complexity index is 1230. The van der Waals surface area contributed by atoms with E-state index >= 15 is 4.39 Å².